The van der Waals surface area contributed by atoms with Crippen molar-refractivity contribution in [1.82, 2.24) is 0 Å². The molecule has 4 nitrogen and oxygen atoms in total. The van der Waals surface area contributed by atoms with Crippen LogP contribution >= 0.6 is 11.6 Å². The minimum atomic E-state index is -1.18. The van der Waals surface area contributed by atoms with Crippen LogP contribution < -0.4 is 0 Å². The van der Waals surface area contributed by atoms with Crippen molar-refractivity contribution in [3.63, 3.8) is 0 Å². The van der Waals surface area contributed by atoms with Crippen LogP contribution in [0.1, 0.15) is 10.6 Å². The number of rotatable bonds is 3. The van der Waals surface area contributed by atoms with Gasteiger partial charge >= 0.3 is 5.97 Å². The van der Waals surface area contributed by atoms with Gasteiger partial charge in [0.15, 0.2) is 5.76 Å². The smallest absolute Gasteiger partial charge is 0.328 e. The summed E-state index contributed by atoms with van der Waals surface area (Å²) in [5.41, 5.74) is 0.529. The first-order valence-corrected chi connectivity index (χ1v) is 5.08. The first kappa shape index (κ1) is 11.4. The predicted octanol–water partition coefficient (Wildman–Crippen LogP) is 2.91. The number of carboxylic acids is 1. The van der Waals surface area contributed by atoms with Crippen LogP contribution in [-0.4, -0.2) is 16.9 Å². The second-order valence-corrected chi connectivity index (χ2v) is 3.77. The van der Waals surface area contributed by atoms with Crippen molar-refractivity contribution < 1.29 is 19.1 Å². The fourth-order valence-electron chi connectivity index (χ4n) is 1.36. The Morgan fingerprint density at radius 1 is 1.24 bits per heavy atom. The van der Waals surface area contributed by atoms with E-state index in [9.17, 15) is 9.59 Å². The molecular formula is C12H7ClO4. The minimum Gasteiger partial charge on any atom is -0.478 e. The molecule has 0 saturated heterocycles. The number of aliphatic carboxylic acids is 1. The number of carbonyl (C=O) groups is 2. The Hall–Kier alpha value is -2.07. The Kier molecular flexibility index (Phi) is 2.97. The van der Waals surface area contributed by atoms with Gasteiger partial charge in [-0.1, -0.05) is 11.6 Å². The van der Waals surface area contributed by atoms with E-state index in [4.69, 9.17) is 21.1 Å². The molecule has 0 atom stereocenters. The van der Waals surface area contributed by atoms with Gasteiger partial charge in [-0.3, -0.25) is 4.79 Å². The molecule has 0 saturated carbocycles. The maximum Gasteiger partial charge on any atom is 0.328 e. The summed E-state index contributed by atoms with van der Waals surface area (Å²) in [6.45, 7) is 0. The first-order chi connectivity index (χ1) is 8.06. The number of carbonyl (C=O) groups excluding carboxylic acids is 1. The van der Waals surface area contributed by atoms with Crippen LogP contribution in [-0.2, 0) is 4.79 Å². The summed E-state index contributed by atoms with van der Waals surface area (Å²) < 4.78 is 5.26. The van der Waals surface area contributed by atoms with Gasteiger partial charge in [0.05, 0.1) is 0 Å². The highest BCUT2D eigenvalue weighted by Gasteiger charge is 2.10. The number of ketones is 1. The van der Waals surface area contributed by atoms with Crippen LogP contribution in [0.4, 0.5) is 0 Å². The molecule has 1 aromatic carbocycles. The molecule has 2 rings (SSSR count). The fourth-order valence-corrected chi connectivity index (χ4v) is 1.55. The molecule has 5 heteroatoms. The number of allylic oxidation sites excluding steroid dienone is 1. The molecule has 17 heavy (non-hydrogen) atoms. The average Bonchev–Trinajstić information content (AvgIpc) is 2.68. The molecule has 2 aromatic rings. The second-order valence-electron chi connectivity index (χ2n) is 3.33. The fraction of sp³-hybridized carbons (Fsp3) is 0. The van der Waals surface area contributed by atoms with Crippen molar-refractivity contribution in [2.24, 2.45) is 0 Å². The Morgan fingerprint density at radius 3 is 2.71 bits per heavy atom. The third kappa shape index (κ3) is 2.54. The third-order valence-corrected chi connectivity index (χ3v) is 2.33. The van der Waals surface area contributed by atoms with E-state index < -0.39 is 11.8 Å². The van der Waals surface area contributed by atoms with Crippen molar-refractivity contribution in [3.8, 4) is 0 Å². The largest absolute Gasteiger partial charge is 0.478 e. The minimum absolute atomic E-state index is 0.0831. The van der Waals surface area contributed by atoms with Gasteiger partial charge in [0, 0.05) is 16.5 Å². The number of furan rings is 1. The van der Waals surface area contributed by atoms with Gasteiger partial charge in [0.2, 0.25) is 5.78 Å². The molecule has 0 spiro atoms. The van der Waals surface area contributed by atoms with Crippen LogP contribution in [0, 0.1) is 0 Å². The van der Waals surface area contributed by atoms with Crippen LogP contribution in [0.15, 0.2) is 40.8 Å². The van der Waals surface area contributed by atoms with E-state index in [2.05, 4.69) is 0 Å². The van der Waals surface area contributed by atoms with Gasteiger partial charge in [-0.2, -0.15) is 0 Å². The van der Waals surface area contributed by atoms with Gasteiger partial charge in [0.25, 0.3) is 0 Å². The van der Waals surface area contributed by atoms with Crippen molar-refractivity contribution in [3.05, 3.63) is 47.2 Å². The number of halogens is 1. The highest BCUT2D eigenvalue weighted by molar-refractivity contribution is 6.31. The number of fused-ring (bicyclic) bond motifs is 1. The molecule has 0 amide bonds. The summed E-state index contributed by atoms with van der Waals surface area (Å²) in [5.74, 6) is -1.60. The molecule has 0 radical (unpaired) electrons. The van der Waals surface area contributed by atoms with Crippen molar-refractivity contribution in [1.29, 1.82) is 0 Å². The van der Waals surface area contributed by atoms with Crippen molar-refractivity contribution in [2.75, 3.05) is 0 Å². The maximum absolute atomic E-state index is 11.5. The van der Waals surface area contributed by atoms with Gasteiger partial charge < -0.3 is 9.52 Å². The molecule has 1 N–H and O–H groups in total. The van der Waals surface area contributed by atoms with Crippen LogP contribution in [0.3, 0.4) is 0 Å². The molecule has 0 aliphatic carbocycles. The lowest BCUT2D eigenvalue weighted by Gasteiger charge is -1.88. The molecule has 0 aliphatic rings. The third-order valence-electron chi connectivity index (χ3n) is 2.10. The lowest BCUT2D eigenvalue weighted by Crippen LogP contribution is -1.94. The van der Waals surface area contributed by atoms with Crippen LogP contribution in [0.5, 0.6) is 0 Å². The summed E-state index contributed by atoms with van der Waals surface area (Å²) in [7, 11) is 0. The summed E-state index contributed by atoms with van der Waals surface area (Å²) in [5, 5.41) is 9.64. The Morgan fingerprint density at radius 2 is 2.00 bits per heavy atom. The molecular weight excluding hydrogens is 244 g/mol. The van der Waals surface area contributed by atoms with E-state index in [1.54, 1.807) is 18.2 Å². The van der Waals surface area contributed by atoms with E-state index in [0.717, 1.165) is 12.2 Å². The van der Waals surface area contributed by atoms with Gasteiger partial charge in [-0.15, -0.1) is 0 Å². The molecule has 0 bridgehead atoms. The Labute approximate surface area is 101 Å². The molecule has 1 aromatic heterocycles. The van der Waals surface area contributed by atoms with E-state index in [1.807, 2.05) is 0 Å². The second kappa shape index (κ2) is 4.43. The topological polar surface area (TPSA) is 67.5 Å². The number of carboxylic acid groups (broad SMARTS) is 1. The molecule has 1 heterocycles. The quantitative estimate of drug-likeness (QED) is 0.672. The van der Waals surface area contributed by atoms with Gasteiger partial charge in [-0.05, 0) is 30.3 Å². The summed E-state index contributed by atoms with van der Waals surface area (Å²) in [6.07, 6.45) is 1.71. The number of benzene rings is 1. The van der Waals surface area contributed by atoms with Crippen molar-refractivity contribution in [2.45, 2.75) is 0 Å². The predicted molar refractivity (Wildman–Crippen MR) is 62.3 cm³/mol. The molecule has 86 valence electrons. The van der Waals surface area contributed by atoms with Crippen LogP contribution in [0.2, 0.25) is 5.02 Å². The lowest BCUT2D eigenvalue weighted by molar-refractivity contribution is -0.131. The summed E-state index contributed by atoms with van der Waals surface area (Å²) in [4.78, 5) is 21.8. The first-order valence-electron chi connectivity index (χ1n) is 4.71. The van der Waals surface area contributed by atoms with Crippen molar-refractivity contribution >= 4 is 34.3 Å². The Bertz CT molecular complexity index is 624. The number of hydrogen-bond donors (Lipinski definition) is 1. The highest BCUT2D eigenvalue weighted by atomic mass is 35.5. The number of hydrogen-bond acceptors (Lipinski definition) is 3. The van der Waals surface area contributed by atoms with E-state index in [-0.39, 0.29) is 5.76 Å². The van der Waals surface area contributed by atoms with E-state index in [1.165, 1.54) is 6.07 Å². The molecule has 0 unspecified atom stereocenters. The van der Waals surface area contributed by atoms with Crippen LogP contribution in [0.25, 0.3) is 11.0 Å². The maximum atomic E-state index is 11.5. The molecule has 0 fully saturated rings. The lowest BCUT2D eigenvalue weighted by atomic mass is 10.2. The van der Waals surface area contributed by atoms with Gasteiger partial charge in [0.1, 0.15) is 5.58 Å². The SMILES string of the molecule is O=C(O)C=CC(=O)c1cc2cc(Cl)ccc2o1. The zero-order valence-electron chi connectivity index (χ0n) is 8.51. The molecule has 0 aliphatic heterocycles. The average molecular weight is 251 g/mol. The van der Waals surface area contributed by atoms with E-state index in [0.29, 0.717) is 16.0 Å². The zero-order chi connectivity index (χ0) is 12.4. The normalized spacial score (nSPS) is 11.1. The summed E-state index contributed by atoms with van der Waals surface area (Å²) >= 11 is 5.79. The standard InChI is InChI=1S/C12H7ClO4/c13-8-1-3-10-7(5-8)6-11(17-10)9(14)2-4-12(15)16/h1-6H,(H,15,16). The monoisotopic (exact) mass is 250 g/mol. The van der Waals surface area contributed by atoms with E-state index >= 15 is 0 Å². The van der Waals surface area contributed by atoms with Gasteiger partial charge in [-0.25, -0.2) is 4.79 Å². The zero-order valence-corrected chi connectivity index (χ0v) is 9.27. The Balaban J connectivity index is 2.36. The summed E-state index contributed by atoms with van der Waals surface area (Å²) in [6, 6.07) is 6.48. The highest BCUT2D eigenvalue weighted by Crippen LogP contribution is 2.23.